The highest BCUT2D eigenvalue weighted by Gasteiger charge is 2.25. The summed E-state index contributed by atoms with van der Waals surface area (Å²) in [6, 6.07) is 14.1. The lowest BCUT2D eigenvalue weighted by Crippen LogP contribution is -2.24. The summed E-state index contributed by atoms with van der Waals surface area (Å²) < 4.78 is 15.8. The molecule has 152 valence electrons. The summed E-state index contributed by atoms with van der Waals surface area (Å²) in [6.07, 6.45) is 1.08. The zero-order valence-corrected chi connectivity index (χ0v) is 15.8. The monoisotopic (exact) mass is 407 g/mol. The number of aromatic nitrogens is 2. The van der Waals surface area contributed by atoms with Gasteiger partial charge in [-0.05, 0) is 36.8 Å². The standard InChI is InChI=1S/C21H18FN5O3/c22-15-11-13(8-9-17(15)26-10-4-7-19(26)28)24-21(30)16-12-18(20(23)29)27(25-16)14-5-2-1-3-6-14/h1-3,5-6,8-9,11-12H,4,7,10H2,(H2,23,29)(H,24,30). The number of amides is 3. The number of carbonyl (C=O) groups excluding carboxylic acids is 3. The highest BCUT2D eigenvalue weighted by Crippen LogP contribution is 2.27. The maximum atomic E-state index is 14.5. The van der Waals surface area contributed by atoms with Crippen LogP contribution in [-0.4, -0.2) is 34.0 Å². The van der Waals surface area contributed by atoms with Crippen LogP contribution in [0, 0.1) is 5.82 Å². The van der Waals surface area contributed by atoms with E-state index in [0.29, 0.717) is 25.1 Å². The quantitative estimate of drug-likeness (QED) is 0.677. The number of hydrogen-bond donors (Lipinski definition) is 2. The van der Waals surface area contributed by atoms with E-state index in [2.05, 4.69) is 10.4 Å². The molecule has 0 atom stereocenters. The molecule has 0 unspecified atom stereocenters. The van der Waals surface area contributed by atoms with Crippen molar-refractivity contribution in [3.05, 3.63) is 71.8 Å². The van der Waals surface area contributed by atoms with Crippen molar-refractivity contribution in [2.75, 3.05) is 16.8 Å². The van der Waals surface area contributed by atoms with Crippen molar-refractivity contribution in [1.29, 1.82) is 0 Å². The average Bonchev–Trinajstić information content (AvgIpc) is 3.36. The molecule has 1 aliphatic heterocycles. The Balaban J connectivity index is 1.58. The minimum absolute atomic E-state index is 0.0421. The third-order valence-electron chi connectivity index (χ3n) is 4.76. The Kier molecular flexibility index (Phi) is 5.01. The smallest absolute Gasteiger partial charge is 0.276 e. The van der Waals surface area contributed by atoms with Crippen LogP contribution >= 0.6 is 0 Å². The van der Waals surface area contributed by atoms with Crippen LogP contribution in [-0.2, 0) is 4.79 Å². The van der Waals surface area contributed by atoms with Gasteiger partial charge in [0.2, 0.25) is 5.91 Å². The van der Waals surface area contributed by atoms with E-state index in [0.717, 1.165) is 6.07 Å². The molecule has 0 aliphatic carbocycles. The van der Waals surface area contributed by atoms with Crippen LogP contribution in [0.15, 0.2) is 54.6 Å². The SMILES string of the molecule is NC(=O)c1cc(C(=O)Nc2ccc(N3CCCC3=O)c(F)c2)nn1-c1ccccc1. The van der Waals surface area contributed by atoms with Crippen LogP contribution in [0.1, 0.15) is 33.8 Å². The molecule has 1 aliphatic rings. The number of carbonyl (C=O) groups is 3. The van der Waals surface area contributed by atoms with Gasteiger partial charge in [-0.3, -0.25) is 14.4 Å². The fourth-order valence-corrected chi connectivity index (χ4v) is 3.34. The van der Waals surface area contributed by atoms with Crippen molar-refractivity contribution in [1.82, 2.24) is 9.78 Å². The van der Waals surface area contributed by atoms with Crippen molar-refractivity contribution < 1.29 is 18.8 Å². The van der Waals surface area contributed by atoms with Crippen LogP contribution in [0.5, 0.6) is 0 Å². The zero-order chi connectivity index (χ0) is 21.3. The molecule has 1 saturated heterocycles. The van der Waals surface area contributed by atoms with Crippen LogP contribution in [0.4, 0.5) is 15.8 Å². The lowest BCUT2D eigenvalue weighted by atomic mass is 10.2. The molecule has 4 rings (SSSR count). The van der Waals surface area contributed by atoms with E-state index in [4.69, 9.17) is 5.73 Å². The molecule has 3 amide bonds. The van der Waals surface area contributed by atoms with Gasteiger partial charge in [0.05, 0.1) is 11.4 Å². The zero-order valence-electron chi connectivity index (χ0n) is 15.8. The van der Waals surface area contributed by atoms with Crippen molar-refractivity contribution in [2.45, 2.75) is 12.8 Å². The lowest BCUT2D eigenvalue weighted by molar-refractivity contribution is -0.117. The first kappa shape index (κ1) is 19.3. The number of benzene rings is 2. The minimum atomic E-state index is -0.740. The Hall–Kier alpha value is -4.01. The Bertz CT molecular complexity index is 1140. The average molecular weight is 407 g/mol. The third kappa shape index (κ3) is 3.64. The van der Waals surface area contributed by atoms with Gasteiger partial charge in [-0.25, -0.2) is 9.07 Å². The number of hydrogen-bond acceptors (Lipinski definition) is 4. The molecule has 1 fully saturated rings. The van der Waals surface area contributed by atoms with E-state index in [-0.39, 0.29) is 28.7 Å². The second kappa shape index (κ2) is 7.78. The molecule has 1 aromatic heterocycles. The second-order valence-corrected chi connectivity index (χ2v) is 6.80. The molecule has 3 N–H and O–H groups in total. The Morgan fingerprint density at radius 2 is 1.87 bits per heavy atom. The Labute approximate surface area is 171 Å². The molecule has 8 nitrogen and oxygen atoms in total. The molecule has 9 heteroatoms. The van der Waals surface area contributed by atoms with Gasteiger partial charge in [0.25, 0.3) is 11.8 Å². The van der Waals surface area contributed by atoms with Crippen LogP contribution in [0.2, 0.25) is 0 Å². The number of nitrogens with zero attached hydrogens (tertiary/aromatic N) is 3. The van der Waals surface area contributed by atoms with Crippen LogP contribution in [0.25, 0.3) is 5.69 Å². The number of nitrogens with one attached hydrogen (secondary N) is 1. The first-order valence-corrected chi connectivity index (χ1v) is 9.30. The summed E-state index contributed by atoms with van der Waals surface area (Å²) >= 11 is 0. The highest BCUT2D eigenvalue weighted by molar-refractivity contribution is 6.05. The summed E-state index contributed by atoms with van der Waals surface area (Å²) in [5.74, 6) is -2.11. The van der Waals surface area contributed by atoms with E-state index < -0.39 is 17.6 Å². The number of rotatable bonds is 5. The van der Waals surface area contributed by atoms with Crippen LogP contribution in [0.3, 0.4) is 0 Å². The molecule has 0 radical (unpaired) electrons. The predicted octanol–water partition coefficient (Wildman–Crippen LogP) is 2.49. The summed E-state index contributed by atoms with van der Waals surface area (Å²) in [4.78, 5) is 37.6. The van der Waals surface area contributed by atoms with Crippen LogP contribution < -0.4 is 16.0 Å². The van der Waals surface area contributed by atoms with Gasteiger partial charge < -0.3 is 16.0 Å². The second-order valence-electron chi connectivity index (χ2n) is 6.80. The fourth-order valence-electron chi connectivity index (χ4n) is 3.34. The Morgan fingerprint density at radius 1 is 1.10 bits per heavy atom. The first-order valence-electron chi connectivity index (χ1n) is 9.30. The highest BCUT2D eigenvalue weighted by atomic mass is 19.1. The molecular weight excluding hydrogens is 389 g/mol. The summed E-state index contributed by atoms with van der Waals surface area (Å²) in [5.41, 5.74) is 6.35. The summed E-state index contributed by atoms with van der Waals surface area (Å²) in [6.45, 7) is 0.467. The maximum Gasteiger partial charge on any atom is 0.276 e. The van der Waals surface area contributed by atoms with E-state index in [1.807, 2.05) is 0 Å². The largest absolute Gasteiger partial charge is 0.364 e. The number of nitrogens with two attached hydrogens (primary N) is 1. The van der Waals surface area contributed by atoms with Gasteiger partial charge in [-0.2, -0.15) is 5.10 Å². The molecule has 0 saturated carbocycles. The maximum absolute atomic E-state index is 14.5. The number of para-hydroxylation sites is 1. The number of halogens is 1. The normalized spacial score (nSPS) is 13.5. The molecule has 2 heterocycles. The van der Waals surface area contributed by atoms with E-state index >= 15 is 0 Å². The van der Waals surface area contributed by atoms with E-state index in [1.165, 1.54) is 27.8 Å². The van der Waals surface area contributed by atoms with Crippen molar-refractivity contribution in [3.8, 4) is 5.69 Å². The number of anilines is 2. The van der Waals surface area contributed by atoms with E-state index in [9.17, 15) is 18.8 Å². The van der Waals surface area contributed by atoms with Gasteiger partial charge in [-0.1, -0.05) is 18.2 Å². The lowest BCUT2D eigenvalue weighted by Gasteiger charge is -2.17. The van der Waals surface area contributed by atoms with Gasteiger partial charge in [0.15, 0.2) is 5.69 Å². The molecular formula is C21H18FN5O3. The molecule has 0 bridgehead atoms. The molecule has 0 spiro atoms. The van der Waals surface area contributed by atoms with Crippen molar-refractivity contribution >= 4 is 29.1 Å². The molecule has 3 aromatic rings. The topological polar surface area (TPSA) is 110 Å². The number of primary amides is 1. The molecule has 2 aromatic carbocycles. The van der Waals surface area contributed by atoms with Gasteiger partial charge in [-0.15, -0.1) is 0 Å². The van der Waals surface area contributed by atoms with Gasteiger partial charge >= 0.3 is 0 Å². The summed E-state index contributed by atoms with van der Waals surface area (Å²) in [5, 5.41) is 6.72. The Morgan fingerprint density at radius 3 is 2.50 bits per heavy atom. The third-order valence-corrected chi connectivity index (χ3v) is 4.76. The minimum Gasteiger partial charge on any atom is -0.364 e. The van der Waals surface area contributed by atoms with E-state index in [1.54, 1.807) is 30.3 Å². The predicted molar refractivity (Wildman–Crippen MR) is 108 cm³/mol. The summed E-state index contributed by atoms with van der Waals surface area (Å²) in [7, 11) is 0. The van der Waals surface area contributed by atoms with Gasteiger partial charge in [0.1, 0.15) is 11.5 Å². The first-order chi connectivity index (χ1) is 14.4. The fraction of sp³-hybridized carbons (Fsp3) is 0.143. The van der Waals surface area contributed by atoms with Gasteiger partial charge in [0, 0.05) is 24.7 Å². The van der Waals surface area contributed by atoms with Crippen molar-refractivity contribution in [3.63, 3.8) is 0 Å². The van der Waals surface area contributed by atoms with Crippen molar-refractivity contribution in [2.24, 2.45) is 5.73 Å². The molecule has 30 heavy (non-hydrogen) atoms.